The highest BCUT2D eigenvalue weighted by molar-refractivity contribution is 7.15. The predicted octanol–water partition coefficient (Wildman–Crippen LogP) is 4.04. The number of thiophene rings is 1. The van der Waals surface area contributed by atoms with Gasteiger partial charge in [-0.2, -0.15) is 9.50 Å². The number of benzene rings is 1. The molecular weight excluding hydrogens is 385 g/mol. The van der Waals surface area contributed by atoms with Gasteiger partial charge in [0.1, 0.15) is 0 Å². The molecule has 0 fully saturated rings. The van der Waals surface area contributed by atoms with E-state index in [1.807, 2.05) is 24.4 Å². The second kappa shape index (κ2) is 5.97. The maximum absolute atomic E-state index is 12.5. The summed E-state index contributed by atoms with van der Waals surface area (Å²) in [7, 11) is 0. The second-order valence-electron chi connectivity index (χ2n) is 5.14. The summed E-state index contributed by atoms with van der Waals surface area (Å²) >= 11 is 15.0. The Bertz CT molecular complexity index is 1180. The molecule has 1 aromatic carbocycles. The lowest BCUT2D eigenvalue weighted by molar-refractivity contribution is 0.937. The first-order valence-corrected chi connectivity index (χ1v) is 9.39. The maximum atomic E-state index is 12.5. The van der Waals surface area contributed by atoms with Crippen molar-refractivity contribution in [3.63, 3.8) is 0 Å². The van der Waals surface area contributed by atoms with Gasteiger partial charge in [-0.3, -0.25) is 4.79 Å². The number of nitrogens with zero attached hydrogens (tertiary/aromatic N) is 3. The zero-order valence-electron chi connectivity index (χ0n) is 12.3. The van der Waals surface area contributed by atoms with E-state index in [2.05, 4.69) is 10.1 Å². The van der Waals surface area contributed by atoms with Crippen LogP contribution in [-0.4, -0.2) is 14.6 Å². The monoisotopic (exact) mass is 393 g/mol. The maximum Gasteiger partial charge on any atom is 0.291 e. The van der Waals surface area contributed by atoms with E-state index in [0.29, 0.717) is 30.9 Å². The molecule has 120 valence electrons. The molecule has 3 heterocycles. The molecule has 4 rings (SSSR count). The molecular formula is C16H9Cl2N3OS2. The predicted molar refractivity (Wildman–Crippen MR) is 100 cm³/mol. The van der Waals surface area contributed by atoms with E-state index < -0.39 is 0 Å². The van der Waals surface area contributed by atoms with Crippen molar-refractivity contribution >= 4 is 56.9 Å². The molecule has 0 atom stereocenters. The Kier molecular flexibility index (Phi) is 3.92. The van der Waals surface area contributed by atoms with Crippen molar-refractivity contribution in [2.24, 2.45) is 0 Å². The zero-order chi connectivity index (χ0) is 16.8. The van der Waals surface area contributed by atoms with Crippen LogP contribution in [0.5, 0.6) is 0 Å². The molecule has 4 nitrogen and oxygen atoms in total. The third-order valence-corrected chi connectivity index (χ3v) is 5.99. The van der Waals surface area contributed by atoms with Gasteiger partial charge < -0.3 is 0 Å². The van der Waals surface area contributed by atoms with Gasteiger partial charge in [0.2, 0.25) is 4.96 Å². The lowest BCUT2D eigenvalue weighted by atomic mass is 10.2. The summed E-state index contributed by atoms with van der Waals surface area (Å²) < 4.78 is 1.93. The van der Waals surface area contributed by atoms with Crippen molar-refractivity contribution in [3.8, 4) is 11.4 Å². The minimum Gasteiger partial charge on any atom is -0.266 e. The average Bonchev–Trinajstić information content (AvgIpc) is 3.19. The van der Waals surface area contributed by atoms with E-state index in [-0.39, 0.29) is 5.56 Å². The van der Waals surface area contributed by atoms with Crippen LogP contribution in [0.1, 0.15) is 10.4 Å². The fourth-order valence-corrected chi connectivity index (χ4v) is 4.59. The Labute approximate surface area is 154 Å². The summed E-state index contributed by atoms with van der Waals surface area (Å²) in [6.07, 6.45) is 1.89. The zero-order valence-corrected chi connectivity index (χ0v) is 15.4. The summed E-state index contributed by atoms with van der Waals surface area (Å²) in [6, 6.07) is 7.12. The highest BCUT2D eigenvalue weighted by Crippen LogP contribution is 2.28. The lowest BCUT2D eigenvalue weighted by Crippen LogP contribution is -2.23. The third-order valence-electron chi connectivity index (χ3n) is 3.52. The third kappa shape index (κ3) is 2.65. The molecule has 0 N–H and O–H groups in total. The first kappa shape index (κ1) is 15.8. The van der Waals surface area contributed by atoms with Crippen LogP contribution in [0.2, 0.25) is 10.0 Å². The van der Waals surface area contributed by atoms with Gasteiger partial charge in [-0.15, -0.1) is 16.4 Å². The smallest absolute Gasteiger partial charge is 0.266 e. The second-order valence-corrected chi connectivity index (χ2v) is 7.94. The number of hydrogen-bond acceptors (Lipinski definition) is 5. The Morgan fingerprint density at radius 1 is 1.25 bits per heavy atom. The van der Waals surface area contributed by atoms with E-state index in [0.717, 1.165) is 10.4 Å². The minimum absolute atomic E-state index is 0.174. The normalized spacial score (nSPS) is 12.4. The molecule has 0 bridgehead atoms. The number of aromatic nitrogens is 3. The molecule has 4 aromatic rings. The van der Waals surface area contributed by atoms with Gasteiger partial charge in [0, 0.05) is 15.5 Å². The van der Waals surface area contributed by atoms with E-state index in [1.165, 1.54) is 15.9 Å². The van der Waals surface area contributed by atoms with Crippen LogP contribution >= 0.6 is 45.9 Å². The van der Waals surface area contributed by atoms with Crippen molar-refractivity contribution in [2.45, 2.75) is 6.92 Å². The largest absolute Gasteiger partial charge is 0.291 e. The number of halogens is 2. The Morgan fingerprint density at radius 3 is 2.75 bits per heavy atom. The van der Waals surface area contributed by atoms with Crippen LogP contribution in [0, 0.1) is 6.92 Å². The van der Waals surface area contributed by atoms with Crippen LogP contribution in [0.4, 0.5) is 0 Å². The van der Waals surface area contributed by atoms with Crippen molar-refractivity contribution in [1.82, 2.24) is 14.6 Å². The first-order chi connectivity index (χ1) is 11.5. The fourth-order valence-electron chi connectivity index (χ4n) is 2.27. The molecule has 0 radical (unpaired) electrons. The SMILES string of the molecule is Cc1ccsc1C=c1sc2nc(-c3ccc(Cl)cc3Cl)nn2c1=O. The van der Waals surface area contributed by atoms with Crippen LogP contribution in [-0.2, 0) is 0 Å². The Balaban J connectivity index is 1.86. The van der Waals surface area contributed by atoms with Crippen molar-refractivity contribution in [2.75, 3.05) is 0 Å². The van der Waals surface area contributed by atoms with Gasteiger partial charge in [-0.25, -0.2) is 0 Å². The number of thiazole rings is 1. The summed E-state index contributed by atoms with van der Waals surface area (Å²) in [5.74, 6) is 0.416. The quantitative estimate of drug-likeness (QED) is 0.516. The number of fused-ring (bicyclic) bond motifs is 1. The topological polar surface area (TPSA) is 47.3 Å². The highest BCUT2D eigenvalue weighted by atomic mass is 35.5. The van der Waals surface area contributed by atoms with Crippen LogP contribution in [0.3, 0.4) is 0 Å². The van der Waals surface area contributed by atoms with Crippen molar-refractivity contribution in [3.05, 3.63) is 65.0 Å². The summed E-state index contributed by atoms with van der Waals surface area (Å²) in [5.41, 5.74) is 1.62. The molecule has 0 aliphatic heterocycles. The van der Waals surface area contributed by atoms with Gasteiger partial charge in [0.25, 0.3) is 5.56 Å². The van der Waals surface area contributed by atoms with E-state index in [4.69, 9.17) is 23.2 Å². The molecule has 0 aliphatic rings. The molecule has 0 spiro atoms. The number of hydrogen-bond donors (Lipinski definition) is 0. The Hall–Kier alpha value is -1.73. The highest BCUT2D eigenvalue weighted by Gasteiger charge is 2.14. The molecule has 0 saturated heterocycles. The molecule has 0 amide bonds. The molecule has 3 aromatic heterocycles. The standard InChI is InChI=1S/C16H9Cl2N3OS2/c1-8-4-5-23-12(8)7-13-15(22)21-16(24-13)19-14(20-21)10-3-2-9(17)6-11(10)18/h2-7H,1H3. The van der Waals surface area contributed by atoms with Gasteiger partial charge in [0.15, 0.2) is 5.82 Å². The number of rotatable bonds is 2. The lowest BCUT2D eigenvalue weighted by Gasteiger charge is -1.98. The molecule has 0 aliphatic carbocycles. The van der Waals surface area contributed by atoms with Crippen molar-refractivity contribution < 1.29 is 0 Å². The molecule has 0 saturated carbocycles. The van der Waals surface area contributed by atoms with E-state index in [9.17, 15) is 4.79 Å². The van der Waals surface area contributed by atoms with E-state index >= 15 is 0 Å². The first-order valence-electron chi connectivity index (χ1n) is 6.94. The van der Waals surface area contributed by atoms with Gasteiger partial charge >= 0.3 is 0 Å². The minimum atomic E-state index is -0.174. The molecule has 8 heteroatoms. The van der Waals surface area contributed by atoms with Crippen molar-refractivity contribution in [1.29, 1.82) is 0 Å². The van der Waals surface area contributed by atoms with E-state index in [1.54, 1.807) is 29.5 Å². The molecule has 0 unspecified atom stereocenters. The molecule has 24 heavy (non-hydrogen) atoms. The van der Waals surface area contributed by atoms with Gasteiger partial charge in [0.05, 0.1) is 9.55 Å². The van der Waals surface area contributed by atoms with Gasteiger partial charge in [-0.05, 0) is 48.2 Å². The Morgan fingerprint density at radius 2 is 2.08 bits per heavy atom. The summed E-state index contributed by atoms with van der Waals surface area (Å²) in [6.45, 7) is 2.02. The van der Waals surface area contributed by atoms with Crippen LogP contribution in [0.25, 0.3) is 22.4 Å². The summed E-state index contributed by atoms with van der Waals surface area (Å²) in [5, 5.41) is 7.30. The van der Waals surface area contributed by atoms with Gasteiger partial charge in [-0.1, -0.05) is 34.5 Å². The summed E-state index contributed by atoms with van der Waals surface area (Å²) in [4.78, 5) is 18.6. The average molecular weight is 394 g/mol. The van der Waals surface area contributed by atoms with Crippen LogP contribution in [0.15, 0.2) is 34.4 Å². The fraction of sp³-hybridized carbons (Fsp3) is 0.0625. The number of aryl methyl sites for hydroxylation is 1. The van der Waals surface area contributed by atoms with Crippen LogP contribution < -0.4 is 10.1 Å².